The number of anilines is 1. The number of hydrogen-bond acceptors (Lipinski definition) is 3. The fraction of sp³-hybridized carbons (Fsp3) is 0.812. The Bertz CT molecular complexity index is 414. The third-order valence-corrected chi connectivity index (χ3v) is 5.14. The van der Waals surface area contributed by atoms with Crippen molar-refractivity contribution in [1.82, 2.24) is 14.5 Å². The predicted molar refractivity (Wildman–Crippen MR) is 83.0 cm³/mol. The summed E-state index contributed by atoms with van der Waals surface area (Å²) in [5.74, 6) is 1.08. The third kappa shape index (κ3) is 2.85. The lowest BCUT2D eigenvalue weighted by molar-refractivity contribution is 0.0606. The van der Waals surface area contributed by atoms with Gasteiger partial charge in [-0.15, -0.1) is 0 Å². The molecule has 2 saturated heterocycles. The molecule has 2 aliphatic rings. The van der Waals surface area contributed by atoms with Crippen molar-refractivity contribution in [2.75, 3.05) is 12.4 Å². The van der Waals surface area contributed by atoms with Crippen molar-refractivity contribution >= 4 is 5.95 Å². The van der Waals surface area contributed by atoms with Crippen LogP contribution in [-0.4, -0.2) is 39.6 Å². The number of unbranched alkanes of at least 4 members (excludes halogenated alkanes) is 1. The minimum absolute atomic E-state index is 0.601. The number of rotatable bonds is 5. The zero-order chi connectivity index (χ0) is 13.9. The Morgan fingerprint density at radius 2 is 2.05 bits per heavy atom. The molecule has 0 saturated carbocycles. The van der Waals surface area contributed by atoms with E-state index in [2.05, 4.69) is 39.9 Å². The molecule has 4 heteroatoms. The molecule has 0 aliphatic carbocycles. The van der Waals surface area contributed by atoms with Crippen molar-refractivity contribution in [2.45, 2.75) is 76.5 Å². The van der Waals surface area contributed by atoms with Gasteiger partial charge in [0.1, 0.15) is 0 Å². The number of aryl methyl sites for hydroxylation is 1. The van der Waals surface area contributed by atoms with Crippen molar-refractivity contribution < 1.29 is 0 Å². The lowest BCUT2D eigenvalue weighted by atomic mass is 9.82. The van der Waals surface area contributed by atoms with Crippen molar-refractivity contribution in [1.29, 1.82) is 0 Å². The highest BCUT2D eigenvalue weighted by molar-refractivity contribution is 5.28. The van der Waals surface area contributed by atoms with E-state index in [0.29, 0.717) is 6.04 Å². The molecule has 112 valence electrons. The highest BCUT2D eigenvalue weighted by Crippen LogP contribution is 2.33. The third-order valence-electron chi connectivity index (χ3n) is 5.14. The zero-order valence-electron chi connectivity index (χ0n) is 12.9. The molecule has 3 rings (SSSR count). The number of imidazole rings is 1. The minimum Gasteiger partial charge on any atom is -0.353 e. The smallest absolute Gasteiger partial charge is 0.202 e. The minimum atomic E-state index is 0.601. The molecule has 0 amide bonds. The summed E-state index contributed by atoms with van der Waals surface area (Å²) in [5.41, 5.74) is 0. The van der Waals surface area contributed by atoms with Gasteiger partial charge in [0.15, 0.2) is 0 Å². The summed E-state index contributed by atoms with van der Waals surface area (Å²) in [4.78, 5) is 7.13. The Morgan fingerprint density at radius 1 is 1.30 bits per heavy atom. The van der Waals surface area contributed by atoms with E-state index in [1.807, 2.05) is 6.20 Å². The van der Waals surface area contributed by atoms with Gasteiger partial charge in [0, 0.05) is 37.1 Å². The van der Waals surface area contributed by atoms with Gasteiger partial charge in [0.25, 0.3) is 0 Å². The van der Waals surface area contributed by atoms with Gasteiger partial charge in [-0.3, -0.25) is 0 Å². The average molecular weight is 276 g/mol. The second-order valence-electron chi connectivity index (χ2n) is 6.51. The zero-order valence-corrected chi connectivity index (χ0v) is 12.9. The molecule has 20 heavy (non-hydrogen) atoms. The van der Waals surface area contributed by atoms with Crippen LogP contribution in [0.4, 0.5) is 5.95 Å². The fourth-order valence-electron chi connectivity index (χ4n) is 3.87. The first-order valence-corrected chi connectivity index (χ1v) is 8.27. The lowest BCUT2D eigenvalue weighted by Crippen LogP contribution is -2.53. The van der Waals surface area contributed by atoms with Crippen molar-refractivity contribution in [3.05, 3.63) is 12.4 Å². The molecule has 2 unspecified atom stereocenters. The van der Waals surface area contributed by atoms with Crippen LogP contribution in [0.1, 0.15) is 51.9 Å². The summed E-state index contributed by atoms with van der Waals surface area (Å²) in [6.45, 7) is 3.32. The van der Waals surface area contributed by atoms with Gasteiger partial charge in [-0.05, 0) is 39.2 Å². The quantitative estimate of drug-likeness (QED) is 0.897. The van der Waals surface area contributed by atoms with Gasteiger partial charge in [-0.2, -0.15) is 0 Å². The maximum absolute atomic E-state index is 4.51. The van der Waals surface area contributed by atoms with E-state index in [4.69, 9.17) is 0 Å². The molecule has 0 radical (unpaired) electrons. The summed E-state index contributed by atoms with van der Waals surface area (Å²) in [7, 11) is 2.31. The van der Waals surface area contributed by atoms with Crippen LogP contribution in [-0.2, 0) is 6.54 Å². The number of hydrogen-bond donors (Lipinski definition) is 1. The summed E-state index contributed by atoms with van der Waals surface area (Å²) in [6, 6.07) is 2.15. The molecule has 1 aromatic rings. The second-order valence-corrected chi connectivity index (χ2v) is 6.51. The molecular weight excluding hydrogens is 248 g/mol. The van der Waals surface area contributed by atoms with Crippen LogP contribution in [0.5, 0.6) is 0 Å². The molecule has 2 aliphatic heterocycles. The van der Waals surface area contributed by atoms with Crippen molar-refractivity contribution in [3.63, 3.8) is 0 Å². The summed E-state index contributed by atoms with van der Waals surface area (Å²) >= 11 is 0. The van der Waals surface area contributed by atoms with Crippen LogP contribution >= 0.6 is 0 Å². The predicted octanol–water partition coefficient (Wildman–Crippen LogP) is 3.11. The lowest BCUT2D eigenvalue weighted by Gasteiger charge is -2.47. The first kappa shape index (κ1) is 13.9. The molecule has 1 N–H and O–H groups in total. The number of nitrogens with one attached hydrogen (secondary N) is 1. The van der Waals surface area contributed by atoms with E-state index in [9.17, 15) is 0 Å². The van der Waals surface area contributed by atoms with Crippen LogP contribution in [0.3, 0.4) is 0 Å². The average Bonchev–Trinajstić information content (AvgIpc) is 2.85. The maximum atomic E-state index is 4.51. The van der Waals surface area contributed by atoms with E-state index in [-0.39, 0.29) is 0 Å². The monoisotopic (exact) mass is 276 g/mol. The van der Waals surface area contributed by atoms with E-state index >= 15 is 0 Å². The SMILES string of the molecule is CCCCn1ccnc1NC1CC2CCCC(C1)N2C. The van der Waals surface area contributed by atoms with Crippen LogP contribution in [0.25, 0.3) is 0 Å². The van der Waals surface area contributed by atoms with E-state index in [0.717, 1.165) is 24.6 Å². The van der Waals surface area contributed by atoms with E-state index in [1.54, 1.807) is 0 Å². The molecule has 0 aromatic carbocycles. The van der Waals surface area contributed by atoms with Gasteiger partial charge in [0.05, 0.1) is 0 Å². The van der Waals surface area contributed by atoms with Gasteiger partial charge >= 0.3 is 0 Å². The Morgan fingerprint density at radius 3 is 2.75 bits per heavy atom. The van der Waals surface area contributed by atoms with E-state index in [1.165, 1.54) is 44.9 Å². The summed E-state index contributed by atoms with van der Waals surface area (Å²) < 4.78 is 2.28. The van der Waals surface area contributed by atoms with Gasteiger partial charge in [-0.25, -0.2) is 4.98 Å². The maximum Gasteiger partial charge on any atom is 0.202 e. The van der Waals surface area contributed by atoms with Crippen molar-refractivity contribution in [2.24, 2.45) is 0 Å². The van der Waals surface area contributed by atoms with Gasteiger partial charge in [-0.1, -0.05) is 19.8 Å². The van der Waals surface area contributed by atoms with Gasteiger partial charge in [0.2, 0.25) is 5.95 Å². The number of aromatic nitrogens is 2. The standard InChI is InChI=1S/C16H28N4/c1-3-4-9-20-10-8-17-16(20)18-13-11-14-6-5-7-15(12-13)19(14)2/h8,10,13-15H,3-7,9,11-12H2,1-2H3,(H,17,18). The Labute approximate surface area is 122 Å². The summed E-state index contributed by atoms with van der Waals surface area (Å²) in [6.07, 6.45) is 13.2. The number of piperidine rings is 2. The fourth-order valence-corrected chi connectivity index (χ4v) is 3.87. The molecule has 1 aromatic heterocycles. The first-order chi connectivity index (χ1) is 9.78. The molecule has 2 bridgehead atoms. The normalized spacial score (nSPS) is 30.4. The number of fused-ring (bicyclic) bond motifs is 2. The molecule has 2 atom stereocenters. The molecular formula is C16H28N4. The Kier molecular flexibility index (Phi) is 4.29. The van der Waals surface area contributed by atoms with Crippen LogP contribution < -0.4 is 5.32 Å². The highest BCUT2D eigenvalue weighted by Gasteiger charge is 2.36. The highest BCUT2D eigenvalue weighted by atomic mass is 15.2. The Balaban J connectivity index is 1.62. The van der Waals surface area contributed by atoms with Gasteiger partial charge < -0.3 is 14.8 Å². The summed E-state index contributed by atoms with van der Waals surface area (Å²) in [5, 5.41) is 3.71. The van der Waals surface area contributed by atoms with Crippen LogP contribution in [0, 0.1) is 0 Å². The number of nitrogens with zero attached hydrogens (tertiary/aromatic N) is 3. The molecule has 2 fully saturated rings. The Hall–Kier alpha value is -1.03. The largest absolute Gasteiger partial charge is 0.353 e. The van der Waals surface area contributed by atoms with Crippen molar-refractivity contribution in [3.8, 4) is 0 Å². The molecule has 4 nitrogen and oxygen atoms in total. The van der Waals surface area contributed by atoms with Crippen LogP contribution in [0.15, 0.2) is 12.4 Å². The van der Waals surface area contributed by atoms with Crippen LogP contribution in [0.2, 0.25) is 0 Å². The van der Waals surface area contributed by atoms with E-state index < -0.39 is 0 Å². The second kappa shape index (κ2) is 6.17. The molecule has 0 spiro atoms. The molecule has 3 heterocycles. The topological polar surface area (TPSA) is 33.1 Å². The first-order valence-electron chi connectivity index (χ1n) is 8.27.